The van der Waals surface area contributed by atoms with Gasteiger partial charge in [0.15, 0.2) is 5.13 Å². The molecule has 1 aliphatic heterocycles. The van der Waals surface area contributed by atoms with Crippen LogP contribution in [0.1, 0.15) is 5.56 Å². The summed E-state index contributed by atoms with van der Waals surface area (Å²) in [6, 6.07) is 5.29. The Hall–Kier alpha value is -2.55. The molecule has 1 fully saturated rings. The van der Waals surface area contributed by atoms with E-state index in [1.54, 1.807) is 29.8 Å². The molecule has 0 bridgehead atoms. The highest BCUT2D eigenvalue weighted by Crippen LogP contribution is 2.32. The molecule has 27 heavy (non-hydrogen) atoms. The molecule has 0 amide bonds. The number of hydrogen-bond acceptors (Lipinski definition) is 5. The molecule has 0 atom stereocenters. The molecule has 0 saturated carbocycles. The Balaban J connectivity index is 1.53. The number of aryl methyl sites for hydroxylation is 1. The Morgan fingerprint density at radius 2 is 1.81 bits per heavy atom. The molecule has 0 unspecified atom stereocenters. The molecule has 1 aromatic carbocycles. The number of alkyl halides is 3. The Labute approximate surface area is 158 Å². The van der Waals surface area contributed by atoms with E-state index in [0.717, 1.165) is 49.4 Å². The first-order chi connectivity index (χ1) is 12.9. The first kappa shape index (κ1) is 17.8. The van der Waals surface area contributed by atoms with Crippen LogP contribution >= 0.6 is 11.3 Å². The number of hydrogen-bond donors (Lipinski definition) is 0. The highest BCUT2D eigenvalue weighted by molar-refractivity contribution is 7.13. The molecule has 5 nitrogen and oxygen atoms in total. The van der Waals surface area contributed by atoms with Crippen LogP contribution in [0.4, 0.5) is 24.3 Å². The minimum Gasteiger partial charge on any atom is -0.345 e. The Morgan fingerprint density at radius 3 is 2.48 bits per heavy atom. The number of anilines is 2. The predicted octanol–water partition coefficient (Wildman–Crippen LogP) is 3.89. The maximum absolute atomic E-state index is 13.0. The third-order valence-electron chi connectivity index (χ3n) is 4.59. The van der Waals surface area contributed by atoms with Crippen molar-refractivity contribution in [2.75, 3.05) is 36.0 Å². The van der Waals surface area contributed by atoms with Gasteiger partial charge in [0.2, 0.25) is 5.95 Å². The van der Waals surface area contributed by atoms with Crippen LogP contribution in [0.2, 0.25) is 0 Å². The maximum Gasteiger partial charge on any atom is 0.416 e. The van der Waals surface area contributed by atoms with E-state index in [-0.39, 0.29) is 0 Å². The number of aromatic nitrogens is 3. The van der Waals surface area contributed by atoms with Crippen molar-refractivity contribution in [3.8, 4) is 11.3 Å². The van der Waals surface area contributed by atoms with Crippen LogP contribution in [0.25, 0.3) is 11.3 Å². The van der Waals surface area contributed by atoms with E-state index in [2.05, 4.69) is 19.8 Å². The van der Waals surface area contributed by atoms with Crippen molar-refractivity contribution < 1.29 is 13.2 Å². The van der Waals surface area contributed by atoms with Gasteiger partial charge in [0.1, 0.15) is 0 Å². The van der Waals surface area contributed by atoms with Crippen LogP contribution in [0, 0.1) is 0 Å². The standard InChI is InChI=1S/C18H18F3N5S/c1-24-12-15(13-3-2-4-14(11-13)18(19,20)21)23-16(24)25-6-8-26(9-7-25)17-22-5-10-27-17/h2-5,10-12H,6-9H2,1H3. The van der Waals surface area contributed by atoms with E-state index in [0.29, 0.717) is 11.3 Å². The number of halogens is 3. The molecular formula is C18H18F3N5S. The molecular weight excluding hydrogens is 375 g/mol. The second-order valence-corrected chi connectivity index (χ2v) is 7.28. The summed E-state index contributed by atoms with van der Waals surface area (Å²) in [6.07, 6.45) is -0.787. The van der Waals surface area contributed by atoms with Gasteiger partial charge in [0, 0.05) is 56.6 Å². The summed E-state index contributed by atoms with van der Waals surface area (Å²) in [5.74, 6) is 0.765. The molecule has 1 saturated heterocycles. The SMILES string of the molecule is Cn1cc(-c2cccc(C(F)(F)F)c2)nc1N1CCN(c2nccs2)CC1. The van der Waals surface area contributed by atoms with Gasteiger partial charge >= 0.3 is 6.18 Å². The van der Waals surface area contributed by atoms with Crippen molar-refractivity contribution in [3.05, 3.63) is 47.6 Å². The topological polar surface area (TPSA) is 37.2 Å². The van der Waals surface area contributed by atoms with E-state index >= 15 is 0 Å². The lowest BCUT2D eigenvalue weighted by Crippen LogP contribution is -2.47. The Bertz CT molecular complexity index is 911. The van der Waals surface area contributed by atoms with Crippen LogP contribution in [-0.2, 0) is 13.2 Å². The molecule has 0 aliphatic carbocycles. The lowest BCUT2D eigenvalue weighted by atomic mass is 10.1. The van der Waals surface area contributed by atoms with Gasteiger partial charge in [-0.1, -0.05) is 12.1 Å². The molecule has 3 aromatic rings. The van der Waals surface area contributed by atoms with Gasteiger partial charge in [0.25, 0.3) is 0 Å². The summed E-state index contributed by atoms with van der Waals surface area (Å²) in [4.78, 5) is 13.3. The lowest BCUT2D eigenvalue weighted by molar-refractivity contribution is -0.137. The fraction of sp³-hybridized carbons (Fsp3) is 0.333. The zero-order chi connectivity index (χ0) is 19.0. The van der Waals surface area contributed by atoms with Crippen molar-refractivity contribution in [3.63, 3.8) is 0 Å². The fourth-order valence-electron chi connectivity index (χ4n) is 3.21. The molecule has 3 heterocycles. The number of piperazine rings is 1. The molecule has 0 N–H and O–H groups in total. The van der Waals surface area contributed by atoms with Crippen LogP contribution in [-0.4, -0.2) is 40.7 Å². The molecule has 142 valence electrons. The predicted molar refractivity (Wildman–Crippen MR) is 100 cm³/mol. The van der Waals surface area contributed by atoms with Crippen molar-refractivity contribution in [2.45, 2.75) is 6.18 Å². The second kappa shape index (κ2) is 6.88. The van der Waals surface area contributed by atoms with Crippen LogP contribution < -0.4 is 9.80 Å². The molecule has 0 spiro atoms. The first-order valence-corrected chi connectivity index (χ1v) is 9.40. The van der Waals surface area contributed by atoms with Gasteiger partial charge < -0.3 is 14.4 Å². The molecule has 2 aromatic heterocycles. The summed E-state index contributed by atoms with van der Waals surface area (Å²) in [5.41, 5.74) is 0.346. The number of thiazole rings is 1. The van der Waals surface area contributed by atoms with E-state index in [1.807, 2.05) is 17.0 Å². The van der Waals surface area contributed by atoms with E-state index in [9.17, 15) is 13.2 Å². The first-order valence-electron chi connectivity index (χ1n) is 8.52. The summed E-state index contributed by atoms with van der Waals surface area (Å²) < 4.78 is 40.8. The van der Waals surface area contributed by atoms with E-state index in [4.69, 9.17) is 0 Å². The van der Waals surface area contributed by atoms with Gasteiger partial charge in [-0.15, -0.1) is 11.3 Å². The van der Waals surface area contributed by atoms with E-state index < -0.39 is 11.7 Å². The van der Waals surface area contributed by atoms with Gasteiger partial charge in [-0.2, -0.15) is 13.2 Å². The van der Waals surface area contributed by atoms with E-state index in [1.165, 1.54) is 6.07 Å². The van der Waals surface area contributed by atoms with Gasteiger partial charge in [-0.25, -0.2) is 9.97 Å². The third-order valence-corrected chi connectivity index (χ3v) is 5.42. The van der Waals surface area contributed by atoms with Crippen molar-refractivity contribution in [1.82, 2.24) is 14.5 Å². The second-order valence-electron chi connectivity index (χ2n) is 6.40. The monoisotopic (exact) mass is 393 g/mol. The number of nitrogens with zero attached hydrogens (tertiary/aromatic N) is 5. The molecule has 0 radical (unpaired) electrons. The molecule has 4 rings (SSSR count). The normalized spacial score (nSPS) is 15.4. The van der Waals surface area contributed by atoms with Crippen molar-refractivity contribution in [1.29, 1.82) is 0 Å². The summed E-state index contributed by atoms with van der Waals surface area (Å²) >= 11 is 1.62. The van der Waals surface area contributed by atoms with Gasteiger partial charge in [-0.05, 0) is 12.1 Å². The van der Waals surface area contributed by atoms with Crippen LogP contribution in [0.15, 0.2) is 42.0 Å². The largest absolute Gasteiger partial charge is 0.416 e. The molecule has 1 aliphatic rings. The Kier molecular flexibility index (Phi) is 4.55. The summed E-state index contributed by atoms with van der Waals surface area (Å²) in [5, 5.41) is 2.97. The number of benzene rings is 1. The lowest BCUT2D eigenvalue weighted by Gasteiger charge is -2.35. The van der Waals surface area contributed by atoms with Crippen LogP contribution in [0.5, 0.6) is 0 Å². The van der Waals surface area contributed by atoms with Gasteiger partial charge in [-0.3, -0.25) is 0 Å². The van der Waals surface area contributed by atoms with Crippen LogP contribution in [0.3, 0.4) is 0 Å². The highest BCUT2D eigenvalue weighted by Gasteiger charge is 2.30. The minimum absolute atomic E-state index is 0.466. The summed E-state index contributed by atoms with van der Waals surface area (Å²) in [7, 11) is 1.87. The highest BCUT2D eigenvalue weighted by atomic mass is 32.1. The minimum atomic E-state index is -4.36. The third kappa shape index (κ3) is 3.64. The smallest absolute Gasteiger partial charge is 0.345 e. The van der Waals surface area contributed by atoms with Crippen molar-refractivity contribution in [2.24, 2.45) is 7.05 Å². The zero-order valence-corrected chi connectivity index (χ0v) is 15.5. The molecule has 9 heteroatoms. The average Bonchev–Trinajstić information content (AvgIpc) is 3.31. The Morgan fingerprint density at radius 1 is 1.07 bits per heavy atom. The maximum atomic E-state index is 13.0. The average molecular weight is 393 g/mol. The number of imidazole rings is 1. The number of rotatable bonds is 3. The van der Waals surface area contributed by atoms with Crippen molar-refractivity contribution >= 4 is 22.4 Å². The quantitative estimate of drug-likeness (QED) is 0.677. The fourth-order valence-corrected chi connectivity index (χ4v) is 3.91. The zero-order valence-electron chi connectivity index (χ0n) is 14.6. The van der Waals surface area contributed by atoms with Gasteiger partial charge in [0.05, 0.1) is 11.3 Å². The summed E-state index contributed by atoms with van der Waals surface area (Å²) in [6.45, 7) is 3.23.